The van der Waals surface area contributed by atoms with Gasteiger partial charge in [-0.1, -0.05) is 35.0 Å². The lowest BCUT2D eigenvalue weighted by Gasteiger charge is -2.25. The second-order valence-electron chi connectivity index (χ2n) is 4.74. The molecule has 5 heteroatoms. The smallest absolute Gasteiger partial charge is 0.139 e. The number of benzene rings is 2. The molecule has 0 aliphatic heterocycles. The van der Waals surface area contributed by atoms with E-state index >= 15 is 0 Å². The number of halogens is 3. The SMILES string of the molecule is CCC(N)C(Oc1cc(F)ccc1Br)c1ccc(Br)cc1. The van der Waals surface area contributed by atoms with Gasteiger partial charge in [0.2, 0.25) is 0 Å². The molecule has 0 aliphatic rings. The van der Waals surface area contributed by atoms with Gasteiger partial charge in [0.15, 0.2) is 0 Å². The van der Waals surface area contributed by atoms with Crippen molar-refractivity contribution in [1.82, 2.24) is 0 Å². The topological polar surface area (TPSA) is 35.2 Å². The van der Waals surface area contributed by atoms with Crippen molar-refractivity contribution in [2.45, 2.75) is 25.5 Å². The summed E-state index contributed by atoms with van der Waals surface area (Å²) in [5, 5.41) is 0. The predicted molar refractivity (Wildman–Crippen MR) is 89.9 cm³/mol. The van der Waals surface area contributed by atoms with Crippen molar-refractivity contribution in [3.05, 3.63) is 62.8 Å². The van der Waals surface area contributed by atoms with Crippen LogP contribution in [0.25, 0.3) is 0 Å². The van der Waals surface area contributed by atoms with Crippen molar-refractivity contribution >= 4 is 31.9 Å². The van der Waals surface area contributed by atoms with Crippen LogP contribution in [0.5, 0.6) is 5.75 Å². The highest BCUT2D eigenvalue weighted by molar-refractivity contribution is 9.10. The molecule has 2 rings (SSSR count). The number of hydrogen-bond acceptors (Lipinski definition) is 2. The van der Waals surface area contributed by atoms with Crippen LogP contribution in [-0.2, 0) is 0 Å². The second kappa shape index (κ2) is 7.38. The Kier molecular flexibility index (Phi) is 5.79. The van der Waals surface area contributed by atoms with Crippen LogP contribution >= 0.6 is 31.9 Å². The van der Waals surface area contributed by atoms with Crippen molar-refractivity contribution in [1.29, 1.82) is 0 Å². The highest BCUT2D eigenvalue weighted by Gasteiger charge is 2.21. The van der Waals surface area contributed by atoms with Gasteiger partial charge < -0.3 is 10.5 Å². The van der Waals surface area contributed by atoms with Gasteiger partial charge in [-0.05, 0) is 52.2 Å². The first-order valence-electron chi connectivity index (χ1n) is 6.64. The molecule has 2 aromatic rings. The lowest BCUT2D eigenvalue weighted by atomic mass is 10.0. The summed E-state index contributed by atoms with van der Waals surface area (Å²) in [4.78, 5) is 0. The first kappa shape index (κ1) is 16.5. The van der Waals surface area contributed by atoms with Gasteiger partial charge in [-0.15, -0.1) is 0 Å². The van der Waals surface area contributed by atoms with Gasteiger partial charge >= 0.3 is 0 Å². The van der Waals surface area contributed by atoms with Crippen molar-refractivity contribution in [3.8, 4) is 5.75 Å². The molecule has 0 radical (unpaired) electrons. The van der Waals surface area contributed by atoms with Gasteiger partial charge in [-0.2, -0.15) is 0 Å². The molecule has 2 N–H and O–H groups in total. The molecule has 0 fully saturated rings. The third-order valence-electron chi connectivity index (χ3n) is 3.21. The minimum Gasteiger partial charge on any atom is -0.483 e. The van der Waals surface area contributed by atoms with E-state index in [2.05, 4.69) is 31.9 Å². The number of hydrogen-bond donors (Lipinski definition) is 1. The number of rotatable bonds is 5. The van der Waals surface area contributed by atoms with E-state index in [0.717, 1.165) is 16.5 Å². The molecule has 0 saturated carbocycles. The molecule has 2 unspecified atom stereocenters. The lowest BCUT2D eigenvalue weighted by Crippen LogP contribution is -2.31. The molecule has 2 nitrogen and oxygen atoms in total. The van der Waals surface area contributed by atoms with Crippen LogP contribution in [0.1, 0.15) is 25.0 Å². The van der Waals surface area contributed by atoms with E-state index in [1.54, 1.807) is 6.07 Å². The Morgan fingerprint density at radius 1 is 1.14 bits per heavy atom. The monoisotopic (exact) mass is 415 g/mol. The summed E-state index contributed by atoms with van der Waals surface area (Å²) in [7, 11) is 0. The second-order valence-corrected chi connectivity index (χ2v) is 6.51. The third kappa shape index (κ3) is 4.28. The van der Waals surface area contributed by atoms with Crippen molar-refractivity contribution in [3.63, 3.8) is 0 Å². The fraction of sp³-hybridized carbons (Fsp3) is 0.250. The average molecular weight is 417 g/mol. The minimum absolute atomic E-state index is 0.179. The Hall–Kier alpha value is -0.910. The first-order valence-corrected chi connectivity index (χ1v) is 8.22. The van der Waals surface area contributed by atoms with E-state index in [-0.39, 0.29) is 18.0 Å². The van der Waals surface area contributed by atoms with Crippen molar-refractivity contribution in [2.75, 3.05) is 0 Å². The maximum atomic E-state index is 13.4. The average Bonchev–Trinajstić information content (AvgIpc) is 2.48. The zero-order chi connectivity index (χ0) is 15.4. The lowest BCUT2D eigenvalue weighted by molar-refractivity contribution is 0.169. The first-order chi connectivity index (χ1) is 10.0. The van der Waals surface area contributed by atoms with E-state index in [1.165, 1.54) is 12.1 Å². The molecule has 0 spiro atoms. The summed E-state index contributed by atoms with van der Waals surface area (Å²) in [6, 6.07) is 12.0. The normalized spacial score (nSPS) is 13.8. The van der Waals surface area contributed by atoms with Crippen LogP contribution in [0.15, 0.2) is 51.4 Å². The Bertz CT molecular complexity index is 604. The van der Waals surface area contributed by atoms with Gasteiger partial charge in [0, 0.05) is 16.6 Å². The summed E-state index contributed by atoms with van der Waals surface area (Å²) in [6.07, 6.45) is 0.425. The molecule has 0 bridgehead atoms. The third-order valence-corrected chi connectivity index (χ3v) is 4.39. The molecule has 0 aliphatic carbocycles. The molecule has 0 aromatic heterocycles. The highest BCUT2D eigenvalue weighted by Crippen LogP contribution is 2.32. The van der Waals surface area contributed by atoms with Gasteiger partial charge in [0.05, 0.1) is 4.47 Å². The Morgan fingerprint density at radius 2 is 1.81 bits per heavy atom. The van der Waals surface area contributed by atoms with Gasteiger partial charge in [-0.3, -0.25) is 0 Å². The molecule has 112 valence electrons. The summed E-state index contributed by atoms with van der Waals surface area (Å²) in [6.45, 7) is 2.00. The van der Waals surface area contributed by atoms with Gasteiger partial charge in [0.1, 0.15) is 17.7 Å². The summed E-state index contributed by atoms with van der Waals surface area (Å²) in [5.41, 5.74) is 7.14. The van der Waals surface area contributed by atoms with Crippen molar-refractivity contribution < 1.29 is 9.13 Å². The van der Waals surface area contributed by atoms with E-state index in [4.69, 9.17) is 10.5 Å². The van der Waals surface area contributed by atoms with E-state index in [0.29, 0.717) is 10.2 Å². The summed E-state index contributed by atoms with van der Waals surface area (Å²) in [5.74, 6) is 0.111. The number of nitrogens with two attached hydrogens (primary N) is 1. The largest absolute Gasteiger partial charge is 0.483 e. The zero-order valence-electron chi connectivity index (χ0n) is 11.5. The number of ether oxygens (including phenoxy) is 1. The Morgan fingerprint density at radius 3 is 2.43 bits per heavy atom. The van der Waals surface area contributed by atoms with Crippen LogP contribution in [0.4, 0.5) is 4.39 Å². The Balaban J connectivity index is 2.32. The highest BCUT2D eigenvalue weighted by atomic mass is 79.9. The van der Waals surface area contributed by atoms with Gasteiger partial charge in [-0.25, -0.2) is 4.39 Å². The van der Waals surface area contributed by atoms with Crippen LogP contribution < -0.4 is 10.5 Å². The standard InChI is InChI=1S/C16H16Br2FNO/c1-2-14(20)16(10-3-5-11(17)6-4-10)21-15-9-12(19)7-8-13(15)18/h3-9,14,16H,2,20H2,1H3. The minimum atomic E-state index is -0.340. The molecule has 0 heterocycles. The van der Waals surface area contributed by atoms with Crippen LogP contribution in [0, 0.1) is 5.82 Å². The van der Waals surface area contributed by atoms with Crippen molar-refractivity contribution in [2.24, 2.45) is 5.73 Å². The fourth-order valence-corrected chi connectivity index (χ4v) is 2.58. The molecule has 21 heavy (non-hydrogen) atoms. The molecule has 0 amide bonds. The summed E-state index contributed by atoms with van der Waals surface area (Å²) >= 11 is 6.78. The molecule has 2 aromatic carbocycles. The Labute approximate surface area is 140 Å². The van der Waals surface area contributed by atoms with E-state index < -0.39 is 0 Å². The van der Waals surface area contributed by atoms with E-state index in [1.807, 2.05) is 31.2 Å². The van der Waals surface area contributed by atoms with E-state index in [9.17, 15) is 4.39 Å². The molecular formula is C16H16Br2FNO. The predicted octanol–water partition coefficient (Wildman–Crippen LogP) is 5.21. The van der Waals surface area contributed by atoms with Crippen LogP contribution in [-0.4, -0.2) is 6.04 Å². The zero-order valence-corrected chi connectivity index (χ0v) is 14.7. The maximum absolute atomic E-state index is 13.4. The summed E-state index contributed by atoms with van der Waals surface area (Å²) < 4.78 is 21.1. The molecule has 0 saturated heterocycles. The molecular weight excluding hydrogens is 401 g/mol. The maximum Gasteiger partial charge on any atom is 0.139 e. The van der Waals surface area contributed by atoms with Gasteiger partial charge in [0.25, 0.3) is 0 Å². The van der Waals surface area contributed by atoms with Crippen LogP contribution in [0.3, 0.4) is 0 Å². The quantitative estimate of drug-likeness (QED) is 0.726. The fourth-order valence-electron chi connectivity index (χ4n) is 1.97. The molecule has 2 atom stereocenters. The van der Waals surface area contributed by atoms with Crippen LogP contribution in [0.2, 0.25) is 0 Å².